The minimum atomic E-state index is -1.06. The Labute approximate surface area is 346 Å². The average Bonchev–Trinajstić information content (AvgIpc) is 3.16. The Morgan fingerprint density at radius 3 is 1.42 bits per heavy atom. The van der Waals surface area contributed by atoms with E-state index >= 15 is 0 Å². The third-order valence-corrected chi connectivity index (χ3v) is 15.4. The lowest BCUT2D eigenvalue weighted by Gasteiger charge is -2.39. The molecule has 0 aliphatic heterocycles. The third-order valence-electron chi connectivity index (χ3n) is 13.4. The van der Waals surface area contributed by atoms with Gasteiger partial charge in [-0.15, -0.1) is 46.4 Å². The van der Waals surface area contributed by atoms with Crippen molar-refractivity contribution < 1.29 is 43.6 Å². The van der Waals surface area contributed by atoms with E-state index in [0.717, 1.165) is 103 Å². The van der Waals surface area contributed by atoms with Crippen molar-refractivity contribution in [3.8, 4) is 0 Å². The van der Waals surface area contributed by atoms with Crippen LogP contribution in [-0.4, -0.2) is 105 Å². The highest BCUT2D eigenvalue weighted by molar-refractivity contribution is 6.25. The van der Waals surface area contributed by atoms with Gasteiger partial charge < -0.3 is 34.6 Å². The topological polar surface area (TPSA) is 153 Å². The minimum Gasteiger partial charge on any atom is -0.481 e. The summed E-state index contributed by atoms with van der Waals surface area (Å²) in [6.07, 6.45) is 19.0. The fraction of sp³-hybridized carbons (Fsp3) is 0.925. The van der Waals surface area contributed by atoms with Crippen LogP contribution in [0.3, 0.4) is 0 Å². The normalized spacial score (nSPS) is 43.0. The highest BCUT2D eigenvalue weighted by atomic mass is 35.5. The van der Waals surface area contributed by atoms with Crippen molar-refractivity contribution in [2.24, 2.45) is 23.7 Å². The van der Waals surface area contributed by atoms with Crippen molar-refractivity contribution in [3.05, 3.63) is 0 Å². The van der Waals surface area contributed by atoms with Crippen LogP contribution >= 0.6 is 46.4 Å². The molecule has 6 rings (SSSR count). The van der Waals surface area contributed by atoms with Crippen LogP contribution in [0.2, 0.25) is 0 Å². The summed E-state index contributed by atoms with van der Waals surface area (Å²) in [6, 6.07) is 0.200. The standard InChI is InChI=1S/C40H62Cl4N2O9/c41-31-16-17-32(42)35(39(48)49)30(31)21-52-46-23-6-10-24(11-7-23)53-26-12-14-27(15-13-26)55-29-3-1-2-28(20-29)54-25-8-4-22(5-9-25)45-38(47)36-33(43)18-19-34(44)37(36)40(50)51/h22-37,46H,1-21H2,(H,45,47)(H,48,49)(H,50,51). The number of nitrogens with one attached hydrogen (secondary N) is 2. The van der Waals surface area contributed by atoms with Crippen LogP contribution in [0.25, 0.3) is 0 Å². The second-order valence-corrected chi connectivity index (χ2v) is 19.5. The number of carboxylic acids is 2. The van der Waals surface area contributed by atoms with Gasteiger partial charge in [-0.3, -0.25) is 14.4 Å². The Bertz CT molecular complexity index is 1250. The highest BCUT2D eigenvalue weighted by Gasteiger charge is 2.47. The maximum Gasteiger partial charge on any atom is 0.308 e. The van der Waals surface area contributed by atoms with Gasteiger partial charge in [0.1, 0.15) is 0 Å². The molecule has 0 aromatic rings. The van der Waals surface area contributed by atoms with Crippen molar-refractivity contribution in [2.75, 3.05) is 6.61 Å². The molecule has 0 saturated heterocycles. The number of rotatable bonds is 14. The Balaban J connectivity index is 0.826. The van der Waals surface area contributed by atoms with E-state index < -0.39 is 45.8 Å². The molecule has 15 heteroatoms. The van der Waals surface area contributed by atoms with Gasteiger partial charge in [-0.25, -0.2) is 0 Å². The maximum atomic E-state index is 13.2. The minimum absolute atomic E-state index is 0.0114. The smallest absolute Gasteiger partial charge is 0.308 e. The number of alkyl halides is 4. The monoisotopic (exact) mass is 854 g/mol. The summed E-state index contributed by atoms with van der Waals surface area (Å²) < 4.78 is 19.8. The molecule has 11 nitrogen and oxygen atoms in total. The zero-order valence-corrected chi connectivity index (χ0v) is 34.9. The fourth-order valence-corrected chi connectivity index (χ4v) is 11.8. The lowest BCUT2D eigenvalue weighted by Crippen LogP contribution is -2.51. The van der Waals surface area contributed by atoms with Crippen LogP contribution in [-0.2, 0) is 33.4 Å². The van der Waals surface area contributed by atoms with E-state index in [0.29, 0.717) is 25.7 Å². The predicted octanol–water partition coefficient (Wildman–Crippen LogP) is 7.57. The van der Waals surface area contributed by atoms with E-state index in [1.807, 2.05) is 0 Å². The summed E-state index contributed by atoms with van der Waals surface area (Å²) >= 11 is 25.6. The van der Waals surface area contributed by atoms with E-state index in [4.69, 9.17) is 65.5 Å². The Morgan fingerprint density at radius 2 is 0.909 bits per heavy atom. The van der Waals surface area contributed by atoms with Crippen molar-refractivity contribution >= 4 is 64.2 Å². The van der Waals surface area contributed by atoms with Gasteiger partial charge in [0.2, 0.25) is 5.91 Å². The van der Waals surface area contributed by atoms with Gasteiger partial charge in [-0.2, -0.15) is 5.48 Å². The second-order valence-electron chi connectivity index (χ2n) is 17.2. The second kappa shape index (κ2) is 21.1. The zero-order chi connectivity index (χ0) is 39.1. The molecule has 4 N–H and O–H groups in total. The zero-order valence-electron chi connectivity index (χ0n) is 31.9. The van der Waals surface area contributed by atoms with Gasteiger partial charge in [0.05, 0.1) is 61.0 Å². The molecule has 0 heterocycles. The number of hydrogen-bond acceptors (Lipinski definition) is 8. The maximum absolute atomic E-state index is 13.2. The van der Waals surface area contributed by atoms with Gasteiger partial charge in [-0.05, 0) is 128 Å². The van der Waals surface area contributed by atoms with Crippen molar-refractivity contribution in [1.29, 1.82) is 0 Å². The van der Waals surface area contributed by atoms with E-state index in [2.05, 4.69) is 10.8 Å². The van der Waals surface area contributed by atoms with Crippen LogP contribution in [0.15, 0.2) is 0 Å². The Kier molecular flexibility index (Phi) is 16.8. The number of carbonyl (C=O) groups excluding carboxylic acids is 1. The predicted molar refractivity (Wildman–Crippen MR) is 211 cm³/mol. The Morgan fingerprint density at radius 1 is 0.491 bits per heavy atom. The molecule has 6 aliphatic rings. The van der Waals surface area contributed by atoms with Crippen molar-refractivity contribution in [3.63, 3.8) is 0 Å². The SMILES string of the molecule is O=C(O)C1C(Cl)CCC(Cl)C1CONC1CCC(OC2CCC(OC3CCCC(OC4CCC(NC(=O)C5C(Cl)CCC(Cl)C5C(=O)O)CC4)C3)CC2)CC1. The molecule has 314 valence electrons. The molecule has 10 unspecified atom stereocenters. The molecular weight excluding hydrogens is 794 g/mol. The lowest BCUT2D eigenvalue weighted by atomic mass is 9.77. The summed E-state index contributed by atoms with van der Waals surface area (Å²) in [4.78, 5) is 42.6. The number of aliphatic carboxylic acids is 2. The summed E-state index contributed by atoms with van der Waals surface area (Å²) in [5.41, 5.74) is 3.17. The van der Waals surface area contributed by atoms with E-state index in [9.17, 15) is 24.6 Å². The quantitative estimate of drug-likeness (QED) is 0.102. The van der Waals surface area contributed by atoms with Crippen LogP contribution in [0.4, 0.5) is 0 Å². The first-order chi connectivity index (χ1) is 26.4. The summed E-state index contributed by atoms with van der Waals surface area (Å²) in [7, 11) is 0. The van der Waals surface area contributed by atoms with E-state index in [1.165, 1.54) is 0 Å². The highest BCUT2D eigenvalue weighted by Crippen LogP contribution is 2.40. The van der Waals surface area contributed by atoms with Gasteiger partial charge in [0, 0.05) is 39.5 Å². The lowest BCUT2D eigenvalue weighted by molar-refractivity contribution is -0.148. The molecular formula is C40H62Cl4N2O9. The van der Waals surface area contributed by atoms with Gasteiger partial charge in [0.25, 0.3) is 0 Å². The number of halogens is 4. The van der Waals surface area contributed by atoms with E-state index in [1.54, 1.807) is 0 Å². The van der Waals surface area contributed by atoms with Gasteiger partial charge >= 0.3 is 11.9 Å². The van der Waals surface area contributed by atoms with Crippen LogP contribution < -0.4 is 10.8 Å². The molecule has 0 aromatic heterocycles. The van der Waals surface area contributed by atoms with Crippen LogP contribution in [0.5, 0.6) is 0 Å². The average molecular weight is 857 g/mol. The van der Waals surface area contributed by atoms with Gasteiger partial charge in [-0.1, -0.05) is 0 Å². The summed E-state index contributed by atoms with van der Waals surface area (Å²) in [5, 5.41) is 20.7. The number of carboxylic acid groups (broad SMARTS) is 2. The molecule has 1 amide bonds. The van der Waals surface area contributed by atoms with Gasteiger partial charge in [0.15, 0.2) is 0 Å². The number of hydrogen-bond donors (Lipinski definition) is 4. The van der Waals surface area contributed by atoms with E-state index in [-0.39, 0.29) is 72.5 Å². The van der Waals surface area contributed by atoms with Crippen molar-refractivity contribution in [1.82, 2.24) is 10.8 Å². The number of amides is 1. The molecule has 55 heavy (non-hydrogen) atoms. The molecule has 0 aromatic carbocycles. The van der Waals surface area contributed by atoms with Crippen LogP contribution in [0.1, 0.15) is 128 Å². The summed E-state index contributed by atoms with van der Waals surface area (Å²) in [5.74, 6) is -5.07. The number of ether oxygens (including phenoxy) is 3. The molecule has 0 bridgehead atoms. The molecule has 6 saturated carbocycles. The third kappa shape index (κ3) is 12.2. The largest absolute Gasteiger partial charge is 0.481 e. The molecule has 10 atom stereocenters. The summed E-state index contributed by atoms with van der Waals surface area (Å²) in [6.45, 7) is 0.237. The molecule has 0 radical (unpaired) electrons. The fourth-order valence-electron chi connectivity index (χ4n) is 10.2. The molecule has 6 aliphatic carbocycles. The Hall–Kier alpha value is -0.630. The first kappa shape index (κ1) is 43.9. The number of carbonyl (C=O) groups is 3. The van der Waals surface area contributed by atoms with Crippen LogP contribution in [0, 0.1) is 23.7 Å². The first-order valence-electron chi connectivity index (χ1n) is 21.1. The number of hydroxylamine groups is 1. The van der Waals surface area contributed by atoms with Crippen molar-refractivity contribution in [2.45, 2.75) is 199 Å². The first-order valence-corrected chi connectivity index (χ1v) is 22.9. The molecule has 0 spiro atoms. The molecule has 6 fully saturated rings.